The van der Waals surface area contributed by atoms with Crippen LogP contribution in [-0.4, -0.2) is 31.1 Å². The molecule has 3 rings (SSSR count). The number of para-hydroxylation sites is 1. The summed E-state index contributed by atoms with van der Waals surface area (Å²) < 4.78 is 5.76. The molecule has 0 spiro atoms. The number of hydrogen-bond acceptors (Lipinski definition) is 4. The number of amides is 1. The Labute approximate surface area is 123 Å². The van der Waals surface area contributed by atoms with E-state index in [1.807, 2.05) is 24.3 Å². The first kappa shape index (κ1) is 13.4. The van der Waals surface area contributed by atoms with Crippen molar-refractivity contribution in [1.82, 2.24) is 10.3 Å². The van der Waals surface area contributed by atoms with Crippen LogP contribution in [0.1, 0.15) is 15.9 Å². The van der Waals surface area contributed by atoms with Gasteiger partial charge in [-0.1, -0.05) is 18.2 Å². The second-order valence-corrected chi connectivity index (χ2v) is 4.83. The van der Waals surface area contributed by atoms with Crippen molar-refractivity contribution in [1.29, 1.82) is 0 Å². The van der Waals surface area contributed by atoms with Gasteiger partial charge in [0.2, 0.25) is 0 Å². The molecule has 0 fully saturated rings. The van der Waals surface area contributed by atoms with Gasteiger partial charge in [-0.25, -0.2) is 4.98 Å². The lowest BCUT2D eigenvalue weighted by Crippen LogP contribution is -2.30. The zero-order chi connectivity index (χ0) is 14.7. The Morgan fingerprint density at radius 1 is 1.29 bits per heavy atom. The third kappa shape index (κ3) is 2.67. The average molecular weight is 283 g/mol. The fourth-order valence-corrected chi connectivity index (χ4v) is 2.47. The number of aromatic nitrogens is 1. The molecule has 1 N–H and O–H groups in total. The van der Waals surface area contributed by atoms with Gasteiger partial charge in [0.25, 0.3) is 5.91 Å². The molecule has 2 aromatic rings. The first-order chi connectivity index (χ1) is 10.3. The molecule has 1 amide bonds. The summed E-state index contributed by atoms with van der Waals surface area (Å²) >= 11 is 0. The second-order valence-electron chi connectivity index (χ2n) is 4.83. The van der Waals surface area contributed by atoms with E-state index in [0.29, 0.717) is 31.1 Å². The van der Waals surface area contributed by atoms with Crippen molar-refractivity contribution < 1.29 is 9.53 Å². The van der Waals surface area contributed by atoms with E-state index in [1.54, 1.807) is 25.4 Å². The van der Waals surface area contributed by atoms with Crippen LogP contribution < -0.4 is 15.0 Å². The maximum Gasteiger partial charge on any atom is 0.254 e. The molecule has 108 valence electrons. The SMILES string of the molecule is CNC(=O)c1cccnc1N1CCOc2ccccc2C1. The number of carbonyl (C=O) groups is 1. The Bertz CT molecular complexity index is 657. The molecule has 21 heavy (non-hydrogen) atoms. The molecule has 0 unspecified atom stereocenters. The molecular weight excluding hydrogens is 266 g/mol. The molecule has 0 aliphatic carbocycles. The van der Waals surface area contributed by atoms with Gasteiger partial charge in [-0.3, -0.25) is 4.79 Å². The minimum atomic E-state index is -0.128. The monoisotopic (exact) mass is 283 g/mol. The highest BCUT2D eigenvalue weighted by Crippen LogP contribution is 2.26. The van der Waals surface area contributed by atoms with E-state index in [4.69, 9.17) is 4.74 Å². The number of fused-ring (bicyclic) bond motifs is 1. The third-order valence-corrected chi connectivity index (χ3v) is 3.51. The van der Waals surface area contributed by atoms with Crippen molar-refractivity contribution in [2.24, 2.45) is 0 Å². The summed E-state index contributed by atoms with van der Waals surface area (Å²) in [5.74, 6) is 1.46. The van der Waals surface area contributed by atoms with Gasteiger partial charge >= 0.3 is 0 Å². The predicted octanol–water partition coefficient (Wildman–Crippen LogP) is 1.84. The Morgan fingerprint density at radius 2 is 2.14 bits per heavy atom. The van der Waals surface area contributed by atoms with E-state index in [1.165, 1.54) is 0 Å². The molecule has 1 aromatic heterocycles. The lowest BCUT2D eigenvalue weighted by Gasteiger charge is -2.23. The Kier molecular flexibility index (Phi) is 3.73. The zero-order valence-electron chi connectivity index (χ0n) is 11.9. The van der Waals surface area contributed by atoms with Gasteiger partial charge in [0.05, 0.1) is 12.1 Å². The van der Waals surface area contributed by atoms with Crippen LogP contribution in [0, 0.1) is 0 Å². The van der Waals surface area contributed by atoms with Crippen LogP contribution in [-0.2, 0) is 6.54 Å². The van der Waals surface area contributed by atoms with Gasteiger partial charge in [-0.05, 0) is 18.2 Å². The van der Waals surface area contributed by atoms with Crippen molar-refractivity contribution in [2.45, 2.75) is 6.54 Å². The van der Waals surface area contributed by atoms with Gasteiger partial charge in [-0.15, -0.1) is 0 Å². The number of nitrogens with zero attached hydrogens (tertiary/aromatic N) is 2. The van der Waals surface area contributed by atoms with Gasteiger partial charge in [-0.2, -0.15) is 0 Å². The van der Waals surface area contributed by atoms with Crippen molar-refractivity contribution in [2.75, 3.05) is 25.1 Å². The summed E-state index contributed by atoms with van der Waals surface area (Å²) in [6.45, 7) is 1.94. The number of nitrogens with one attached hydrogen (secondary N) is 1. The Hall–Kier alpha value is -2.56. The Morgan fingerprint density at radius 3 is 3.00 bits per heavy atom. The van der Waals surface area contributed by atoms with Crippen LogP contribution in [0.3, 0.4) is 0 Å². The summed E-state index contributed by atoms with van der Waals surface area (Å²) in [7, 11) is 1.62. The summed E-state index contributed by atoms with van der Waals surface area (Å²) in [6, 6.07) is 11.5. The highest BCUT2D eigenvalue weighted by molar-refractivity contribution is 5.98. The normalized spacial score (nSPS) is 13.9. The molecular formula is C16H17N3O2. The van der Waals surface area contributed by atoms with Crippen molar-refractivity contribution in [3.05, 3.63) is 53.7 Å². The van der Waals surface area contributed by atoms with Crippen LogP contribution in [0.4, 0.5) is 5.82 Å². The highest BCUT2D eigenvalue weighted by atomic mass is 16.5. The van der Waals surface area contributed by atoms with E-state index in [0.717, 1.165) is 11.3 Å². The van der Waals surface area contributed by atoms with Crippen LogP contribution >= 0.6 is 0 Å². The fourth-order valence-electron chi connectivity index (χ4n) is 2.47. The van der Waals surface area contributed by atoms with Crippen LogP contribution in [0.15, 0.2) is 42.6 Å². The number of anilines is 1. The molecule has 5 heteroatoms. The lowest BCUT2D eigenvalue weighted by molar-refractivity contribution is 0.0963. The summed E-state index contributed by atoms with van der Waals surface area (Å²) in [6.07, 6.45) is 1.71. The number of ether oxygens (including phenoxy) is 1. The van der Waals surface area contributed by atoms with E-state index in [2.05, 4.69) is 15.2 Å². The van der Waals surface area contributed by atoms with Gasteiger partial charge in [0.1, 0.15) is 18.2 Å². The molecule has 2 heterocycles. The van der Waals surface area contributed by atoms with Gasteiger partial charge < -0.3 is 15.0 Å². The predicted molar refractivity (Wildman–Crippen MR) is 80.6 cm³/mol. The van der Waals surface area contributed by atoms with Crippen LogP contribution in [0.5, 0.6) is 5.75 Å². The van der Waals surface area contributed by atoms with E-state index < -0.39 is 0 Å². The maximum atomic E-state index is 12.0. The fraction of sp³-hybridized carbons (Fsp3) is 0.250. The minimum absolute atomic E-state index is 0.128. The quantitative estimate of drug-likeness (QED) is 0.913. The molecule has 0 radical (unpaired) electrons. The standard InChI is InChI=1S/C16H17N3O2/c1-17-16(20)13-6-4-8-18-15(13)19-9-10-21-14-7-3-2-5-12(14)11-19/h2-8H,9-11H2,1H3,(H,17,20). The zero-order valence-corrected chi connectivity index (χ0v) is 11.9. The van der Waals surface area contributed by atoms with Crippen molar-refractivity contribution in [3.8, 4) is 5.75 Å². The lowest BCUT2D eigenvalue weighted by atomic mass is 10.1. The smallest absolute Gasteiger partial charge is 0.254 e. The molecule has 0 atom stereocenters. The number of benzene rings is 1. The van der Waals surface area contributed by atoms with Crippen LogP contribution in [0.25, 0.3) is 0 Å². The number of rotatable bonds is 2. The summed E-state index contributed by atoms with van der Waals surface area (Å²) in [4.78, 5) is 18.5. The molecule has 0 bridgehead atoms. The first-order valence-electron chi connectivity index (χ1n) is 6.92. The molecule has 5 nitrogen and oxygen atoms in total. The summed E-state index contributed by atoms with van der Waals surface area (Å²) in [5, 5.41) is 2.66. The molecule has 1 aromatic carbocycles. The number of hydrogen-bond donors (Lipinski definition) is 1. The molecule has 1 aliphatic rings. The third-order valence-electron chi connectivity index (χ3n) is 3.51. The topological polar surface area (TPSA) is 54.5 Å². The number of carbonyl (C=O) groups excluding carboxylic acids is 1. The van der Waals surface area contributed by atoms with Gasteiger partial charge in [0, 0.05) is 25.4 Å². The second kappa shape index (κ2) is 5.83. The van der Waals surface area contributed by atoms with Gasteiger partial charge in [0.15, 0.2) is 0 Å². The van der Waals surface area contributed by atoms with Crippen molar-refractivity contribution >= 4 is 11.7 Å². The first-order valence-corrected chi connectivity index (χ1v) is 6.92. The van der Waals surface area contributed by atoms with E-state index in [9.17, 15) is 4.79 Å². The van der Waals surface area contributed by atoms with Crippen LogP contribution in [0.2, 0.25) is 0 Å². The number of pyridine rings is 1. The largest absolute Gasteiger partial charge is 0.491 e. The maximum absolute atomic E-state index is 12.0. The van der Waals surface area contributed by atoms with E-state index in [-0.39, 0.29) is 5.91 Å². The molecule has 0 saturated heterocycles. The van der Waals surface area contributed by atoms with Crippen molar-refractivity contribution in [3.63, 3.8) is 0 Å². The molecule has 1 aliphatic heterocycles. The molecule has 0 saturated carbocycles. The average Bonchev–Trinajstić information content (AvgIpc) is 2.76. The highest BCUT2D eigenvalue weighted by Gasteiger charge is 2.20. The minimum Gasteiger partial charge on any atom is -0.491 e. The van der Waals surface area contributed by atoms with E-state index >= 15 is 0 Å². The summed E-state index contributed by atoms with van der Waals surface area (Å²) in [5.41, 5.74) is 1.68. The Balaban J connectivity index is 1.96.